The van der Waals surface area contributed by atoms with Crippen LogP contribution in [0.5, 0.6) is 0 Å². The van der Waals surface area contributed by atoms with E-state index in [1.165, 1.54) is 0 Å². The maximum Gasteiger partial charge on any atom is 0.209 e. The fraction of sp³-hybridized carbons (Fsp3) is 0.312. The van der Waals surface area contributed by atoms with Gasteiger partial charge in [0.05, 0.1) is 10.7 Å². The van der Waals surface area contributed by atoms with E-state index in [1.807, 2.05) is 57.5 Å². The smallest absolute Gasteiger partial charge is 0.209 e. The Balaban J connectivity index is 2.60. The van der Waals surface area contributed by atoms with Gasteiger partial charge < -0.3 is 4.57 Å². The Morgan fingerprint density at radius 3 is 2.26 bits per heavy atom. The summed E-state index contributed by atoms with van der Waals surface area (Å²) in [7, 11) is 1.88. The molecule has 0 fully saturated rings. The summed E-state index contributed by atoms with van der Waals surface area (Å²) < 4.78 is 1.87. The van der Waals surface area contributed by atoms with Crippen LogP contribution in [0.25, 0.3) is 0 Å². The van der Waals surface area contributed by atoms with Crippen LogP contribution in [0.4, 0.5) is 0 Å². The van der Waals surface area contributed by atoms with Crippen LogP contribution < -0.4 is 0 Å². The van der Waals surface area contributed by atoms with Gasteiger partial charge in [-0.2, -0.15) is 0 Å². The molecule has 0 aliphatic rings. The molecule has 0 aliphatic heterocycles. The van der Waals surface area contributed by atoms with Crippen LogP contribution in [0.2, 0.25) is 5.02 Å². The number of benzene rings is 1. The zero-order valence-corrected chi connectivity index (χ0v) is 12.7. The molecule has 0 radical (unpaired) electrons. The summed E-state index contributed by atoms with van der Waals surface area (Å²) in [6, 6.07) is 5.88. The molecule has 1 aromatic heterocycles. The maximum atomic E-state index is 12.7. The fourth-order valence-electron chi connectivity index (χ4n) is 2.46. The minimum absolute atomic E-state index is 0.0347. The first-order valence-corrected chi connectivity index (χ1v) is 6.65. The highest BCUT2D eigenvalue weighted by Gasteiger charge is 2.21. The first-order chi connectivity index (χ1) is 8.84. The highest BCUT2D eigenvalue weighted by atomic mass is 35.5. The average Bonchev–Trinajstić information content (AvgIpc) is 2.53. The zero-order chi connectivity index (χ0) is 14.3. The van der Waals surface area contributed by atoms with Gasteiger partial charge in [-0.25, -0.2) is 0 Å². The molecule has 0 unspecified atom stereocenters. The maximum absolute atomic E-state index is 12.7. The SMILES string of the molecule is Cc1ccc(C(=O)c2c(C)c(Cl)c(C)n2C)c(C)c1. The van der Waals surface area contributed by atoms with E-state index in [9.17, 15) is 4.79 Å². The van der Waals surface area contributed by atoms with Crippen LogP contribution in [-0.2, 0) is 7.05 Å². The van der Waals surface area contributed by atoms with Gasteiger partial charge in [-0.1, -0.05) is 35.4 Å². The van der Waals surface area contributed by atoms with Crippen LogP contribution >= 0.6 is 11.6 Å². The van der Waals surface area contributed by atoms with E-state index in [0.29, 0.717) is 10.7 Å². The van der Waals surface area contributed by atoms with Crippen molar-refractivity contribution in [2.24, 2.45) is 7.05 Å². The van der Waals surface area contributed by atoms with Gasteiger partial charge in [0.15, 0.2) is 0 Å². The standard InChI is InChI=1S/C16H18ClNO/c1-9-6-7-13(10(2)8-9)16(19)15-11(3)14(17)12(4)18(15)5/h6-8H,1-5H3. The topological polar surface area (TPSA) is 22.0 Å². The molecule has 2 rings (SSSR count). The summed E-state index contributed by atoms with van der Waals surface area (Å²) in [4.78, 5) is 12.7. The summed E-state index contributed by atoms with van der Waals surface area (Å²) in [5.74, 6) is 0.0347. The molecule has 1 aromatic carbocycles. The van der Waals surface area contributed by atoms with Crippen LogP contribution in [0, 0.1) is 27.7 Å². The highest BCUT2D eigenvalue weighted by molar-refractivity contribution is 6.33. The van der Waals surface area contributed by atoms with E-state index < -0.39 is 0 Å². The summed E-state index contributed by atoms with van der Waals surface area (Å²) in [5, 5.41) is 0.676. The molecule has 2 aromatic rings. The van der Waals surface area contributed by atoms with Crippen LogP contribution in [0.15, 0.2) is 18.2 Å². The lowest BCUT2D eigenvalue weighted by molar-refractivity contribution is 0.103. The third-order valence-electron chi connectivity index (χ3n) is 3.68. The zero-order valence-electron chi connectivity index (χ0n) is 12.0. The number of aromatic nitrogens is 1. The Kier molecular flexibility index (Phi) is 3.55. The van der Waals surface area contributed by atoms with Gasteiger partial charge in [-0.05, 0) is 38.8 Å². The van der Waals surface area contributed by atoms with Crippen molar-refractivity contribution in [2.45, 2.75) is 27.7 Å². The third-order valence-corrected chi connectivity index (χ3v) is 4.24. The summed E-state index contributed by atoms with van der Waals surface area (Å²) in [6.07, 6.45) is 0. The average molecular weight is 276 g/mol. The van der Waals surface area contributed by atoms with E-state index in [1.54, 1.807) is 0 Å². The summed E-state index contributed by atoms with van der Waals surface area (Å²) >= 11 is 6.23. The molecule has 0 N–H and O–H groups in total. The van der Waals surface area contributed by atoms with Gasteiger partial charge in [0.25, 0.3) is 0 Å². The second-order valence-electron chi connectivity index (χ2n) is 5.08. The monoisotopic (exact) mass is 275 g/mol. The number of nitrogens with zero attached hydrogens (tertiary/aromatic N) is 1. The Hall–Kier alpha value is -1.54. The number of aryl methyl sites for hydroxylation is 2. The van der Waals surface area contributed by atoms with Gasteiger partial charge in [0.2, 0.25) is 5.78 Å². The molecule has 0 saturated carbocycles. The Labute approximate surface area is 119 Å². The Morgan fingerprint density at radius 1 is 1.16 bits per heavy atom. The second kappa shape index (κ2) is 4.86. The normalized spacial score (nSPS) is 10.8. The number of carbonyl (C=O) groups is 1. The molecule has 1 heterocycles. The Bertz CT molecular complexity index is 642. The molecule has 100 valence electrons. The molecule has 0 atom stereocenters. The number of carbonyl (C=O) groups excluding carboxylic acids is 1. The van der Waals surface area contributed by atoms with Crippen molar-refractivity contribution < 1.29 is 4.79 Å². The summed E-state index contributed by atoms with van der Waals surface area (Å²) in [5.41, 5.74) is 5.35. The van der Waals surface area contributed by atoms with Crippen LogP contribution in [0.1, 0.15) is 38.4 Å². The van der Waals surface area contributed by atoms with Crippen LogP contribution in [-0.4, -0.2) is 10.4 Å². The fourth-order valence-corrected chi connectivity index (χ4v) is 2.68. The van der Waals surface area contributed by atoms with Crippen molar-refractivity contribution in [1.82, 2.24) is 4.57 Å². The van der Waals surface area contributed by atoms with Crippen molar-refractivity contribution >= 4 is 17.4 Å². The third kappa shape index (κ3) is 2.21. The first-order valence-electron chi connectivity index (χ1n) is 6.28. The minimum Gasteiger partial charge on any atom is -0.344 e. The number of hydrogen-bond donors (Lipinski definition) is 0. The van der Waals surface area contributed by atoms with E-state index in [2.05, 4.69) is 0 Å². The van der Waals surface area contributed by atoms with Gasteiger partial charge in [0.1, 0.15) is 0 Å². The molecule has 3 heteroatoms. The lowest BCUT2D eigenvalue weighted by atomic mass is 9.99. The van der Waals surface area contributed by atoms with Crippen LogP contribution in [0.3, 0.4) is 0 Å². The van der Waals surface area contributed by atoms with Gasteiger partial charge in [-0.3, -0.25) is 4.79 Å². The number of halogens is 1. The molecular weight excluding hydrogens is 258 g/mol. The highest BCUT2D eigenvalue weighted by Crippen LogP contribution is 2.28. The second-order valence-corrected chi connectivity index (χ2v) is 5.46. The predicted molar refractivity (Wildman–Crippen MR) is 79.2 cm³/mol. The molecule has 19 heavy (non-hydrogen) atoms. The van der Waals surface area contributed by atoms with Crippen molar-refractivity contribution in [3.63, 3.8) is 0 Å². The number of hydrogen-bond acceptors (Lipinski definition) is 1. The van der Waals surface area contributed by atoms with Crippen molar-refractivity contribution in [3.05, 3.63) is 56.9 Å². The largest absolute Gasteiger partial charge is 0.344 e. The number of rotatable bonds is 2. The number of ketones is 1. The quantitative estimate of drug-likeness (QED) is 0.755. The van der Waals surface area contributed by atoms with Gasteiger partial charge in [0, 0.05) is 18.3 Å². The van der Waals surface area contributed by atoms with Crippen molar-refractivity contribution in [3.8, 4) is 0 Å². The van der Waals surface area contributed by atoms with E-state index in [0.717, 1.165) is 27.9 Å². The predicted octanol–water partition coefficient (Wildman–Crippen LogP) is 4.14. The lowest BCUT2D eigenvalue weighted by Crippen LogP contribution is -2.11. The molecule has 0 saturated heterocycles. The molecular formula is C16H18ClNO. The summed E-state index contributed by atoms with van der Waals surface area (Å²) in [6.45, 7) is 7.81. The molecule has 0 bridgehead atoms. The molecule has 0 amide bonds. The lowest BCUT2D eigenvalue weighted by Gasteiger charge is -2.09. The van der Waals surface area contributed by atoms with Gasteiger partial charge >= 0.3 is 0 Å². The molecule has 0 aliphatic carbocycles. The van der Waals surface area contributed by atoms with E-state index >= 15 is 0 Å². The molecule has 2 nitrogen and oxygen atoms in total. The van der Waals surface area contributed by atoms with Gasteiger partial charge in [-0.15, -0.1) is 0 Å². The Morgan fingerprint density at radius 2 is 1.79 bits per heavy atom. The van der Waals surface area contributed by atoms with E-state index in [-0.39, 0.29) is 5.78 Å². The molecule has 0 spiro atoms. The first kappa shape index (κ1) is 13.9. The van der Waals surface area contributed by atoms with E-state index in [4.69, 9.17) is 11.6 Å². The van der Waals surface area contributed by atoms with Crippen molar-refractivity contribution in [2.75, 3.05) is 0 Å². The minimum atomic E-state index is 0.0347. The van der Waals surface area contributed by atoms with Crippen molar-refractivity contribution in [1.29, 1.82) is 0 Å².